The molecule has 2 rings (SSSR count). The fourth-order valence-electron chi connectivity index (χ4n) is 1.75. The zero-order chi connectivity index (χ0) is 15.4. The van der Waals surface area contributed by atoms with Crippen LogP contribution in [0.3, 0.4) is 0 Å². The van der Waals surface area contributed by atoms with E-state index < -0.39 is 0 Å². The van der Waals surface area contributed by atoms with Crippen LogP contribution in [0.5, 0.6) is 11.5 Å². The number of halogens is 1. The van der Waals surface area contributed by atoms with Crippen molar-refractivity contribution >= 4 is 40.4 Å². The third-order valence-electron chi connectivity index (χ3n) is 2.63. The van der Waals surface area contributed by atoms with Gasteiger partial charge in [0.15, 0.2) is 5.75 Å². The molecule has 0 aliphatic heterocycles. The van der Waals surface area contributed by atoms with E-state index in [2.05, 4.69) is 5.32 Å². The average molecular weight is 321 g/mol. The summed E-state index contributed by atoms with van der Waals surface area (Å²) >= 11 is 11.0. The molecule has 1 amide bonds. The molecule has 0 saturated heterocycles. The summed E-state index contributed by atoms with van der Waals surface area (Å²) < 4.78 is 5.82. The molecule has 0 radical (unpaired) electrons. The normalized spacial score (nSPS) is 10.0. The van der Waals surface area contributed by atoms with Gasteiger partial charge in [0.2, 0.25) is 5.91 Å². The Labute approximate surface area is 132 Å². The number of nitrogens with one attached hydrogen (secondary N) is 1. The monoisotopic (exact) mass is 320 g/mol. The van der Waals surface area contributed by atoms with Crippen LogP contribution in [-0.2, 0) is 4.79 Å². The van der Waals surface area contributed by atoms with Gasteiger partial charge < -0.3 is 15.8 Å². The highest BCUT2D eigenvalue weighted by atomic mass is 35.5. The van der Waals surface area contributed by atoms with Crippen LogP contribution in [0.25, 0.3) is 0 Å². The summed E-state index contributed by atoms with van der Waals surface area (Å²) in [7, 11) is 0. The van der Waals surface area contributed by atoms with Crippen molar-refractivity contribution in [2.45, 2.75) is 6.92 Å². The number of benzene rings is 2. The van der Waals surface area contributed by atoms with Gasteiger partial charge in [-0.05, 0) is 24.3 Å². The van der Waals surface area contributed by atoms with Gasteiger partial charge in [0.25, 0.3) is 0 Å². The van der Waals surface area contributed by atoms with Crippen LogP contribution in [0.15, 0.2) is 42.5 Å². The Morgan fingerprint density at radius 3 is 2.62 bits per heavy atom. The Morgan fingerprint density at radius 1 is 1.24 bits per heavy atom. The van der Waals surface area contributed by atoms with Crippen LogP contribution >= 0.6 is 23.8 Å². The number of thiocarbonyl (C=S) groups is 1. The number of carbonyl (C=O) groups excluding carboxylic acids is 1. The first-order valence-corrected chi connectivity index (χ1v) is 6.90. The first-order valence-electron chi connectivity index (χ1n) is 6.11. The van der Waals surface area contributed by atoms with E-state index in [0.29, 0.717) is 27.8 Å². The Kier molecular flexibility index (Phi) is 4.77. The maximum atomic E-state index is 11.2. The maximum Gasteiger partial charge on any atom is 0.221 e. The Morgan fingerprint density at radius 2 is 1.95 bits per heavy atom. The molecule has 0 heterocycles. The van der Waals surface area contributed by atoms with Gasteiger partial charge in [0, 0.05) is 18.0 Å². The molecule has 0 saturated carbocycles. The fraction of sp³-hybridized carbons (Fsp3) is 0.0667. The highest BCUT2D eigenvalue weighted by Crippen LogP contribution is 2.33. The van der Waals surface area contributed by atoms with Crippen molar-refractivity contribution in [3.63, 3.8) is 0 Å². The van der Waals surface area contributed by atoms with Crippen molar-refractivity contribution in [1.82, 2.24) is 0 Å². The van der Waals surface area contributed by atoms with E-state index >= 15 is 0 Å². The second kappa shape index (κ2) is 6.56. The largest absolute Gasteiger partial charge is 0.454 e. The minimum atomic E-state index is -0.188. The summed E-state index contributed by atoms with van der Waals surface area (Å²) in [5, 5.41) is 3.20. The molecule has 4 nitrogen and oxygen atoms in total. The molecule has 0 aliphatic rings. The molecular formula is C15H13ClN2O2S. The molecule has 0 spiro atoms. The summed E-state index contributed by atoms with van der Waals surface area (Å²) in [5.41, 5.74) is 6.81. The quantitative estimate of drug-likeness (QED) is 0.843. The summed E-state index contributed by atoms with van der Waals surface area (Å²) in [4.78, 5) is 11.4. The minimum absolute atomic E-state index is 0.188. The number of rotatable bonds is 4. The number of ether oxygens (including phenoxy) is 1. The van der Waals surface area contributed by atoms with E-state index in [1.807, 2.05) is 0 Å². The number of nitrogens with two attached hydrogens (primary N) is 1. The van der Waals surface area contributed by atoms with Gasteiger partial charge in [-0.25, -0.2) is 0 Å². The van der Waals surface area contributed by atoms with Gasteiger partial charge >= 0.3 is 0 Å². The fourth-order valence-corrected chi connectivity index (χ4v) is 2.08. The van der Waals surface area contributed by atoms with Crippen LogP contribution < -0.4 is 15.8 Å². The Balaban J connectivity index is 2.40. The lowest BCUT2D eigenvalue weighted by Crippen LogP contribution is -2.11. The zero-order valence-electron chi connectivity index (χ0n) is 11.2. The topological polar surface area (TPSA) is 64.3 Å². The molecule has 0 atom stereocenters. The van der Waals surface area contributed by atoms with Crippen molar-refractivity contribution in [1.29, 1.82) is 0 Å². The van der Waals surface area contributed by atoms with Gasteiger partial charge in [-0.3, -0.25) is 4.79 Å². The number of anilines is 1. The van der Waals surface area contributed by atoms with Crippen LogP contribution in [-0.4, -0.2) is 10.9 Å². The molecule has 2 aromatic carbocycles. The molecule has 0 aromatic heterocycles. The van der Waals surface area contributed by atoms with E-state index in [0.717, 1.165) is 0 Å². The minimum Gasteiger partial charge on any atom is -0.454 e. The molecule has 108 valence electrons. The molecule has 0 bridgehead atoms. The Hall–Kier alpha value is -2.11. The average Bonchev–Trinajstić information content (AvgIpc) is 2.40. The molecular weight excluding hydrogens is 308 g/mol. The van der Waals surface area contributed by atoms with Gasteiger partial charge in [-0.2, -0.15) is 0 Å². The highest BCUT2D eigenvalue weighted by molar-refractivity contribution is 7.80. The lowest BCUT2D eigenvalue weighted by atomic mass is 10.2. The first kappa shape index (κ1) is 15.3. The second-order valence-electron chi connectivity index (χ2n) is 4.28. The number of carbonyl (C=O) groups is 1. The smallest absolute Gasteiger partial charge is 0.221 e. The number of para-hydroxylation sites is 2. The molecule has 0 fully saturated rings. The SMILES string of the molecule is CC(=O)Nc1ccccc1Oc1cc(Cl)ccc1C(N)=S. The molecule has 0 unspecified atom stereocenters. The van der Waals surface area contributed by atoms with Crippen LogP contribution in [0.2, 0.25) is 5.02 Å². The molecule has 2 aromatic rings. The predicted molar refractivity (Wildman–Crippen MR) is 88.2 cm³/mol. The van der Waals surface area contributed by atoms with E-state index in [4.69, 9.17) is 34.3 Å². The maximum absolute atomic E-state index is 11.2. The summed E-state index contributed by atoms with van der Waals surface area (Å²) in [5.74, 6) is 0.729. The van der Waals surface area contributed by atoms with E-state index in [9.17, 15) is 4.79 Å². The van der Waals surface area contributed by atoms with Gasteiger partial charge in [-0.15, -0.1) is 0 Å². The lowest BCUT2D eigenvalue weighted by Gasteiger charge is -2.14. The van der Waals surface area contributed by atoms with Crippen molar-refractivity contribution in [2.24, 2.45) is 5.73 Å². The van der Waals surface area contributed by atoms with Gasteiger partial charge in [-0.1, -0.05) is 36.0 Å². The molecule has 21 heavy (non-hydrogen) atoms. The van der Waals surface area contributed by atoms with E-state index in [-0.39, 0.29) is 10.9 Å². The van der Waals surface area contributed by atoms with Crippen molar-refractivity contribution < 1.29 is 9.53 Å². The van der Waals surface area contributed by atoms with Crippen molar-refractivity contribution in [3.05, 3.63) is 53.1 Å². The third kappa shape index (κ3) is 3.93. The highest BCUT2D eigenvalue weighted by Gasteiger charge is 2.11. The molecule has 6 heteroatoms. The van der Waals surface area contributed by atoms with Crippen molar-refractivity contribution in [2.75, 3.05) is 5.32 Å². The molecule has 3 N–H and O–H groups in total. The zero-order valence-corrected chi connectivity index (χ0v) is 12.8. The summed E-state index contributed by atoms with van der Waals surface area (Å²) in [6.07, 6.45) is 0. The Bertz CT molecular complexity index is 704. The number of amides is 1. The summed E-state index contributed by atoms with van der Waals surface area (Å²) in [6.45, 7) is 1.43. The standard InChI is InChI=1S/C15H13ClN2O2S/c1-9(19)18-12-4-2-3-5-13(12)20-14-8-10(16)6-7-11(14)15(17)21/h2-8H,1H3,(H2,17,21)(H,18,19). The van der Waals surface area contributed by atoms with Crippen LogP contribution in [0.1, 0.15) is 12.5 Å². The summed E-state index contributed by atoms with van der Waals surface area (Å²) in [6, 6.07) is 12.1. The first-order chi connectivity index (χ1) is 9.97. The molecule has 0 aliphatic carbocycles. The third-order valence-corrected chi connectivity index (χ3v) is 3.08. The van der Waals surface area contributed by atoms with E-state index in [1.54, 1.807) is 42.5 Å². The number of hydrogen-bond donors (Lipinski definition) is 2. The lowest BCUT2D eigenvalue weighted by molar-refractivity contribution is -0.114. The van der Waals surface area contributed by atoms with E-state index in [1.165, 1.54) is 6.92 Å². The van der Waals surface area contributed by atoms with Crippen LogP contribution in [0.4, 0.5) is 5.69 Å². The van der Waals surface area contributed by atoms with Gasteiger partial charge in [0.05, 0.1) is 11.3 Å². The van der Waals surface area contributed by atoms with Crippen LogP contribution in [0, 0.1) is 0 Å². The second-order valence-corrected chi connectivity index (χ2v) is 5.16. The van der Waals surface area contributed by atoms with Gasteiger partial charge in [0.1, 0.15) is 10.7 Å². The number of hydrogen-bond acceptors (Lipinski definition) is 3. The predicted octanol–water partition coefficient (Wildman–Crippen LogP) is 3.72. The van der Waals surface area contributed by atoms with Crippen molar-refractivity contribution in [3.8, 4) is 11.5 Å².